The minimum absolute atomic E-state index is 0.0511. The first-order valence-electron chi connectivity index (χ1n) is 5.82. The largest absolute Gasteiger partial charge is 0.497 e. The molecule has 3 N–H and O–H groups in total. The number of rotatable bonds is 3. The van der Waals surface area contributed by atoms with Crippen LogP contribution in [0.2, 0.25) is 0 Å². The predicted octanol–water partition coefficient (Wildman–Crippen LogP) is 0.970. The summed E-state index contributed by atoms with van der Waals surface area (Å²) in [6.07, 6.45) is 2.21. The van der Waals surface area contributed by atoms with Crippen LogP contribution in [0.25, 0.3) is 6.08 Å². The molecule has 1 rings (SSSR count). The summed E-state index contributed by atoms with van der Waals surface area (Å²) in [6.45, 7) is 0. The molecule has 1 aromatic carbocycles. The van der Waals surface area contributed by atoms with Gasteiger partial charge in [0.15, 0.2) is 5.11 Å². The minimum atomic E-state index is -0.722. The Morgan fingerprint density at radius 1 is 1.14 bits per heavy atom. The molecule has 0 radical (unpaired) electrons. The molecule has 0 fully saturated rings. The van der Waals surface area contributed by atoms with Crippen molar-refractivity contribution in [3.8, 4) is 5.75 Å². The molecule has 21 heavy (non-hydrogen) atoms. The first-order valence-corrected chi connectivity index (χ1v) is 6.23. The maximum absolute atomic E-state index is 11.6. The Balaban J connectivity index is 2.43. The molecule has 112 valence electrons. The van der Waals surface area contributed by atoms with Crippen molar-refractivity contribution in [2.75, 3.05) is 14.2 Å². The van der Waals surface area contributed by atoms with Crippen molar-refractivity contribution in [1.29, 1.82) is 0 Å². The number of ether oxygens (including phenoxy) is 2. The second-order valence-electron chi connectivity index (χ2n) is 3.67. The fourth-order valence-electron chi connectivity index (χ4n) is 1.23. The number of thiocarbonyl (C=S) groups is 1. The SMILES string of the molecule is COC(=O)NNC(=S)NC(=O)/C=C/c1ccc(OC)cc1. The van der Waals surface area contributed by atoms with E-state index in [1.807, 2.05) is 0 Å². The molecule has 8 heteroatoms. The second-order valence-corrected chi connectivity index (χ2v) is 4.07. The summed E-state index contributed by atoms with van der Waals surface area (Å²) < 4.78 is 9.35. The van der Waals surface area contributed by atoms with E-state index in [0.29, 0.717) is 0 Å². The van der Waals surface area contributed by atoms with Crippen LogP contribution in [0.15, 0.2) is 30.3 Å². The third kappa shape index (κ3) is 6.39. The molecule has 0 heterocycles. The van der Waals surface area contributed by atoms with Crippen LogP contribution in [0.5, 0.6) is 5.75 Å². The highest BCUT2D eigenvalue weighted by molar-refractivity contribution is 7.80. The number of nitrogens with one attached hydrogen (secondary N) is 3. The van der Waals surface area contributed by atoms with Crippen LogP contribution in [0.3, 0.4) is 0 Å². The van der Waals surface area contributed by atoms with Crippen molar-refractivity contribution in [2.45, 2.75) is 0 Å². The van der Waals surface area contributed by atoms with Crippen molar-refractivity contribution in [3.63, 3.8) is 0 Å². The van der Waals surface area contributed by atoms with Crippen LogP contribution >= 0.6 is 12.2 Å². The van der Waals surface area contributed by atoms with Gasteiger partial charge in [0.2, 0.25) is 5.91 Å². The highest BCUT2D eigenvalue weighted by atomic mass is 32.1. The number of methoxy groups -OCH3 is 2. The molecule has 0 saturated carbocycles. The zero-order valence-electron chi connectivity index (χ0n) is 11.5. The molecular formula is C13H15N3O4S. The van der Waals surface area contributed by atoms with E-state index in [9.17, 15) is 9.59 Å². The number of carbonyl (C=O) groups is 2. The lowest BCUT2D eigenvalue weighted by molar-refractivity contribution is -0.115. The molecule has 0 aliphatic heterocycles. The molecule has 0 aliphatic rings. The van der Waals surface area contributed by atoms with Crippen molar-refractivity contribution < 1.29 is 19.1 Å². The van der Waals surface area contributed by atoms with Crippen LogP contribution in [0.1, 0.15) is 5.56 Å². The Morgan fingerprint density at radius 3 is 2.38 bits per heavy atom. The molecule has 0 atom stereocenters. The smallest absolute Gasteiger partial charge is 0.425 e. The Hall–Kier alpha value is -2.61. The van der Waals surface area contributed by atoms with E-state index in [0.717, 1.165) is 11.3 Å². The van der Waals surface area contributed by atoms with Gasteiger partial charge in [-0.2, -0.15) is 0 Å². The van der Waals surface area contributed by atoms with Gasteiger partial charge in [0, 0.05) is 6.08 Å². The quantitative estimate of drug-likeness (QED) is 0.438. The molecular weight excluding hydrogens is 294 g/mol. The molecule has 7 nitrogen and oxygen atoms in total. The zero-order valence-corrected chi connectivity index (χ0v) is 12.3. The van der Waals surface area contributed by atoms with Gasteiger partial charge in [0.25, 0.3) is 0 Å². The van der Waals surface area contributed by atoms with E-state index in [4.69, 9.17) is 17.0 Å². The molecule has 0 spiro atoms. The summed E-state index contributed by atoms with van der Waals surface area (Å²) in [6, 6.07) is 7.17. The van der Waals surface area contributed by atoms with Gasteiger partial charge in [-0.05, 0) is 36.0 Å². The summed E-state index contributed by atoms with van der Waals surface area (Å²) in [7, 11) is 2.78. The van der Waals surface area contributed by atoms with E-state index in [-0.39, 0.29) is 5.11 Å². The fraction of sp³-hybridized carbons (Fsp3) is 0.154. The average Bonchev–Trinajstić information content (AvgIpc) is 2.51. The standard InChI is InChI=1S/C13H15N3O4S/c1-19-10-6-3-9(4-7-10)5-8-11(17)14-12(21)15-16-13(18)20-2/h3-8H,1-2H3,(H,16,18)(H2,14,15,17,21)/b8-5+. The van der Waals surface area contributed by atoms with E-state index in [1.54, 1.807) is 37.5 Å². The molecule has 0 unspecified atom stereocenters. The summed E-state index contributed by atoms with van der Waals surface area (Å²) >= 11 is 4.80. The Morgan fingerprint density at radius 2 is 1.81 bits per heavy atom. The van der Waals surface area contributed by atoms with Gasteiger partial charge >= 0.3 is 6.09 Å². The monoisotopic (exact) mass is 309 g/mol. The second kappa shape index (κ2) is 8.54. The summed E-state index contributed by atoms with van der Waals surface area (Å²) in [5.41, 5.74) is 5.25. The third-order valence-electron chi connectivity index (χ3n) is 2.24. The van der Waals surface area contributed by atoms with Gasteiger partial charge < -0.3 is 9.47 Å². The van der Waals surface area contributed by atoms with Crippen molar-refractivity contribution in [3.05, 3.63) is 35.9 Å². The van der Waals surface area contributed by atoms with Crippen LogP contribution in [-0.4, -0.2) is 31.3 Å². The van der Waals surface area contributed by atoms with E-state index in [2.05, 4.69) is 20.9 Å². The van der Waals surface area contributed by atoms with Crippen molar-refractivity contribution in [2.24, 2.45) is 0 Å². The molecule has 1 aromatic rings. The lowest BCUT2D eigenvalue weighted by atomic mass is 10.2. The third-order valence-corrected chi connectivity index (χ3v) is 2.45. The summed E-state index contributed by atoms with van der Waals surface area (Å²) in [5.74, 6) is 0.297. The molecule has 0 aromatic heterocycles. The molecule has 2 amide bonds. The topological polar surface area (TPSA) is 88.7 Å². The maximum atomic E-state index is 11.6. The average molecular weight is 309 g/mol. The Labute approximate surface area is 127 Å². The van der Waals surface area contributed by atoms with Gasteiger partial charge in [0.05, 0.1) is 14.2 Å². The zero-order chi connectivity index (χ0) is 15.7. The van der Waals surface area contributed by atoms with Crippen molar-refractivity contribution in [1.82, 2.24) is 16.2 Å². The summed E-state index contributed by atoms with van der Waals surface area (Å²) in [5, 5.41) is 2.30. The fourth-order valence-corrected chi connectivity index (χ4v) is 1.38. The van der Waals surface area contributed by atoms with Crippen LogP contribution in [-0.2, 0) is 9.53 Å². The van der Waals surface area contributed by atoms with E-state index in [1.165, 1.54) is 13.2 Å². The number of hydrogen-bond donors (Lipinski definition) is 3. The lowest BCUT2D eigenvalue weighted by Crippen LogP contribution is -2.48. The molecule has 0 aliphatic carbocycles. The van der Waals surface area contributed by atoms with Gasteiger partial charge in [-0.1, -0.05) is 12.1 Å². The van der Waals surface area contributed by atoms with Crippen LogP contribution in [0, 0.1) is 0 Å². The number of hydrazine groups is 1. The number of benzene rings is 1. The van der Waals surface area contributed by atoms with E-state index < -0.39 is 12.0 Å². The maximum Gasteiger partial charge on any atom is 0.425 e. The number of carbonyl (C=O) groups excluding carboxylic acids is 2. The highest BCUT2D eigenvalue weighted by Crippen LogP contribution is 2.12. The van der Waals surface area contributed by atoms with Gasteiger partial charge in [0.1, 0.15) is 5.75 Å². The lowest BCUT2D eigenvalue weighted by Gasteiger charge is -2.08. The summed E-state index contributed by atoms with van der Waals surface area (Å²) in [4.78, 5) is 22.3. The van der Waals surface area contributed by atoms with E-state index >= 15 is 0 Å². The highest BCUT2D eigenvalue weighted by Gasteiger charge is 2.02. The van der Waals surface area contributed by atoms with Gasteiger partial charge in [-0.3, -0.25) is 15.5 Å². The van der Waals surface area contributed by atoms with Crippen molar-refractivity contribution >= 4 is 35.4 Å². The number of hydrogen-bond acceptors (Lipinski definition) is 5. The molecule has 0 saturated heterocycles. The predicted molar refractivity (Wildman–Crippen MR) is 81.4 cm³/mol. The first-order chi connectivity index (χ1) is 10.0. The van der Waals surface area contributed by atoms with Gasteiger partial charge in [-0.15, -0.1) is 0 Å². The Bertz CT molecular complexity index is 543. The van der Waals surface area contributed by atoms with Crippen LogP contribution < -0.4 is 20.9 Å². The van der Waals surface area contributed by atoms with Crippen LogP contribution in [0.4, 0.5) is 4.79 Å². The Kier molecular flexibility index (Phi) is 6.69. The minimum Gasteiger partial charge on any atom is -0.497 e. The normalized spacial score (nSPS) is 9.81. The van der Waals surface area contributed by atoms with Gasteiger partial charge in [-0.25, -0.2) is 10.2 Å². The molecule has 0 bridgehead atoms. The number of amides is 2. The first kappa shape index (κ1) is 16.4.